The van der Waals surface area contributed by atoms with Gasteiger partial charge in [-0.3, -0.25) is 9.69 Å². The van der Waals surface area contributed by atoms with Crippen LogP contribution in [0.3, 0.4) is 0 Å². The fraction of sp³-hybridized carbons (Fsp3) is 0.824. The van der Waals surface area contributed by atoms with E-state index in [1.54, 1.807) is 6.92 Å². The minimum absolute atomic E-state index is 0.136. The zero-order valence-corrected chi connectivity index (χ0v) is 14.1. The number of hydrogen-bond donors (Lipinski definition) is 0. The Bertz CT molecular complexity index is 583. The number of likely N-dealkylation sites (tertiary alicyclic amines) is 2. The first-order chi connectivity index (χ1) is 11.1. The molecule has 0 bridgehead atoms. The van der Waals surface area contributed by atoms with Crippen LogP contribution in [-0.4, -0.2) is 51.0 Å². The summed E-state index contributed by atoms with van der Waals surface area (Å²) in [5.41, 5.74) is 0. The second kappa shape index (κ2) is 5.89. The average molecular weight is 318 g/mol. The molecule has 126 valence electrons. The van der Waals surface area contributed by atoms with Crippen LogP contribution >= 0.6 is 0 Å². The molecule has 2 saturated heterocycles. The maximum atomic E-state index is 11.9. The summed E-state index contributed by atoms with van der Waals surface area (Å²) in [4.78, 5) is 21.1. The van der Waals surface area contributed by atoms with Gasteiger partial charge in [-0.2, -0.15) is 4.98 Å². The summed E-state index contributed by atoms with van der Waals surface area (Å²) in [6.45, 7) is 5.82. The number of aromatic nitrogens is 2. The molecule has 3 heterocycles. The van der Waals surface area contributed by atoms with Crippen LogP contribution in [0.2, 0.25) is 0 Å². The molecule has 3 aliphatic rings. The number of carbonyl (C=O) groups excluding carboxylic acids is 1. The Morgan fingerprint density at radius 3 is 2.65 bits per heavy atom. The van der Waals surface area contributed by atoms with Gasteiger partial charge in [0.1, 0.15) is 0 Å². The Hall–Kier alpha value is -1.43. The molecule has 6 heteroatoms. The van der Waals surface area contributed by atoms with E-state index in [2.05, 4.69) is 26.9 Å². The van der Waals surface area contributed by atoms with Crippen molar-refractivity contribution in [3.63, 3.8) is 0 Å². The van der Waals surface area contributed by atoms with Gasteiger partial charge in [0, 0.05) is 31.5 Å². The number of carbonyl (C=O) groups is 1. The molecule has 1 saturated carbocycles. The smallest absolute Gasteiger partial charge is 0.243 e. The molecule has 1 amide bonds. The third kappa shape index (κ3) is 2.77. The lowest BCUT2D eigenvalue weighted by atomic mass is 10.0. The van der Waals surface area contributed by atoms with Crippen LogP contribution in [0.25, 0.3) is 0 Å². The molecule has 0 radical (unpaired) electrons. The quantitative estimate of drug-likeness (QED) is 0.853. The summed E-state index contributed by atoms with van der Waals surface area (Å²) in [5, 5.41) is 4.16. The predicted molar refractivity (Wildman–Crippen MR) is 84.8 cm³/mol. The van der Waals surface area contributed by atoms with E-state index in [0.29, 0.717) is 18.0 Å². The largest absolute Gasteiger partial charge is 0.338 e. The lowest BCUT2D eigenvalue weighted by molar-refractivity contribution is -0.130. The summed E-state index contributed by atoms with van der Waals surface area (Å²) in [6.07, 6.45) is 6.95. The molecular formula is C17H26N4O2. The molecular weight excluding hydrogens is 292 g/mol. The molecule has 0 spiro atoms. The Balaban J connectivity index is 1.51. The highest BCUT2D eigenvalue weighted by Crippen LogP contribution is 2.40. The van der Waals surface area contributed by atoms with E-state index in [1.807, 2.05) is 0 Å². The van der Waals surface area contributed by atoms with E-state index in [0.717, 1.165) is 44.1 Å². The monoisotopic (exact) mass is 318 g/mol. The molecule has 4 rings (SSSR count). The Morgan fingerprint density at radius 1 is 1.17 bits per heavy atom. The minimum Gasteiger partial charge on any atom is -0.338 e. The summed E-state index contributed by atoms with van der Waals surface area (Å²) in [6, 6.07) is 0.910. The molecule has 0 N–H and O–H groups in total. The van der Waals surface area contributed by atoms with Gasteiger partial charge in [0.2, 0.25) is 11.8 Å². The molecule has 0 unspecified atom stereocenters. The first-order valence-electron chi connectivity index (χ1n) is 9.01. The van der Waals surface area contributed by atoms with Gasteiger partial charge in [-0.25, -0.2) is 0 Å². The van der Waals surface area contributed by atoms with Gasteiger partial charge in [0.15, 0.2) is 5.82 Å². The van der Waals surface area contributed by atoms with Crippen molar-refractivity contribution in [2.24, 2.45) is 0 Å². The Labute approximate surface area is 137 Å². The molecule has 1 aromatic rings. The second-order valence-electron chi connectivity index (χ2n) is 7.31. The van der Waals surface area contributed by atoms with E-state index in [-0.39, 0.29) is 11.9 Å². The van der Waals surface area contributed by atoms with E-state index in [4.69, 9.17) is 4.52 Å². The maximum absolute atomic E-state index is 11.9. The normalized spacial score (nSPS) is 30.1. The van der Waals surface area contributed by atoms with Crippen LogP contribution in [0.15, 0.2) is 4.52 Å². The van der Waals surface area contributed by atoms with Crippen LogP contribution < -0.4 is 0 Å². The second-order valence-corrected chi connectivity index (χ2v) is 7.31. The van der Waals surface area contributed by atoms with Crippen LogP contribution in [0.1, 0.15) is 76.0 Å². The highest BCUT2D eigenvalue weighted by molar-refractivity contribution is 5.74. The van der Waals surface area contributed by atoms with Gasteiger partial charge < -0.3 is 9.42 Å². The standard InChI is InChI=1S/C17H26N4O2/c1-11(17-18-16(19-23-17)13-7-8-13)20-9-3-5-14(20)15-6-4-10-21(15)12(2)22/h11,13-15H,3-10H2,1-2H3/t11-,14+,15-/m1/s1. The van der Waals surface area contributed by atoms with Gasteiger partial charge >= 0.3 is 0 Å². The lowest BCUT2D eigenvalue weighted by Crippen LogP contribution is -2.48. The fourth-order valence-electron chi connectivity index (χ4n) is 4.36. The Kier molecular flexibility index (Phi) is 3.87. The lowest BCUT2D eigenvalue weighted by Gasteiger charge is -2.36. The maximum Gasteiger partial charge on any atom is 0.243 e. The SMILES string of the molecule is CC(=O)N1CCC[C@@H]1[C@@H]1CCCN1[C@H](C)c1nc(C2CC2)no1. The highest BCUT2D eigenvalue weighted by atomic mass is 16.5. The third-order valence-corrected chi connectivity index (χ3v) is 5.74. The van der Waals surface area contributed by atoms with E-state index in [9.17, 15) is 4.79 Å². The van der Waals surface area contributed by atoms with Gasteiger partial charge in [-0.1, -0.05) is 5.16 Å². The molecule has 23 heavy (non-hydrogen) atoms. The summed E-state index contributed by atoms with van der Waals surface area (Å²) in [5.74, 6) is 2.36. The molecule has 1 aromatic heterocycles. The zero-order chi connectivity index (χ0) is 16.0. The summed E-state index contributed by atoms with van der Waals surface area (Å²) < 4.78 is 5.54. The topological polar surface area (TPSA) is 62.5 Å². The number of amides is 1. The third-order valence-electron chi connectivity index (χ3n) is 5.74. The van der Waals surface area contributed by atoms with Gasteiger partial charge in [0.25, 0.3) is 0 Å². The Morgan fingerprint density at radius 2 is 1.91 bits per heavy atom. The predicted octanol–water partition coefficient (Wildman–Crippen LogP) is 2.48. The van der Waals surface area contributed by atoms with Crippen LogP contribution in [0, 0.1) is 0 Å². The number of nitrogens with zero attached hydrogens (tertiary/aromatic N) is 4. The molecule has 6 nitrogen and oxygen atoms in total. The minimum atomic E-state index is 0.136. The molecule has 3 atom stereocenters. The number of hydrogen-bond acceptors (Lipinski definition) is 5. The summed E-state index contributed by atoms with van der Waals surface area (Å²) in [7, 11) is 0. The first kappa shape index (κ1) is 15.1. The van der Waals surface area contributed by atoms with Crippen molar-refractivity contribution in [2.75, 3.05) is 13.1 Å². The van der Waals surface area contributed by atoms with Gasteiger partial charge in [0.05, 0.1) is 6.04 Å². The zero-order valence-electron chi connectivity index (χ0n) is 14.1. The van der Waals surface area contributed by atoms with Crippen LogP contribution in [-0.2, 0) is 4.79 Å². The average Bonchev–Trinajstić information content (AvgIpc) is 3.02. The van der Waals surface area contributed by atoms with Gasteiger partial charge in [-0.05, 0) is 52.0 Å². The van der Waals surface area contributed by atoms with Crippen molar-refractivity contribution < 1.29 is 9.32 Å². The highest BCUT2D eigenvalue weighted by Gasteiger charge is 2.42. The molecule has 0 aromatic carbocycles. The summed E-state index contributed by atoms with van der Waals surface area (Å²) >= 11 is 0. The molecule has 1 aliphatic carbocycles. The van der Waals surface area contributed by atoms with Crippen LogP contribution in [0.4, 0.5) is 0 Å². The van der Waals surface area contributed by atoms with E-state index < -0.39 is 0 Å². The van der Waals surface area contributed by atoms with Crippen molar-refractivity contribution in [2.45, 2.75) is 76.4 Å². The van der Waals surface area contributed by atoms with E-state index >= 15 is 0 Å². The van der Waals surface area contributed by atoms with Gasteiger partial charge in [-0.15, -0.1) is 0 Å². The van der Waals surface area contributed by atoms with Crippen molar-refractivity contribution >= 4 is 5.91 Å². The van der Waals surface area contributed by atoms with Crippen molar-refractivity contribution in [3.8, 4) is 0 Å². The van der Waals surface area contributed by atoms with Crippen LogP contribution in [0.5, 0.6) is 0 Å². The first-order valence-corrected chi connectivity index (χ1v) is 9.01. The number of rotatable bonds is 4. The van der Waals surface area contributed by atoms with Crippen molar-refractivity contribution in [1.82, 2.24) is 19.9 Å². The molecule has 2 aliphatic heterocycles. The molecule has 3 fully saturated rings. The fourth-order valence-corrected chi connectivity index (χ4v) is 4.36. The van der Waals surface area contributed by atoms with Crippen molar-refractivity contribution in [1.29, 1.82) is 0 Å². The van der Waals surface area contributed by atoms with Crippen molar-refractivity contribution in [3.05, 3.63) is 11.7 Å². The van der Waals surface area contributed by atoms with E-state index in [1.165, 1.54) is 19.3 Å².